The molecule has 3 aromatic rings. The van der Waals surface area contributed by atoms with Crippen LogP contribution in [0, 0.1) is 0 Å². The van der Waals surface area contributed by atoms with Gasteiger partial charge in [0, 0.05) is 47.9 Å². The minimum atomic E-state index is -1.63. The summed E-state index contributed by atoms with van der Waals surface area (Å²) in [7, 11) is 1.49. The molecule has 0 saturated carbocycles. The van der Waals surface area contributed by atoms with Gasteiger partial charge < -0.3 is 18.9 Å². The van der Waals surface area contributed by atoms with Crippen molar-refractivity contribution in [3.63, 3.8) is 0 Å². The molecule has 6 atom stereocenters. The van der Waals surface area contributed by atoms with Crippen LogP contribution in [0.15, 0.2) is 84.5 Å². The van der Waals surface area contributed by atoms with E-state index in [0.717, 1.165) is 5.56 Å². The average Bonchev–Trinajstić information content (AvgIpc) is 2.90. The van der Waals surface area contributed by atoms with Crippen molar-refractivity contribution >= 4 is 24.2 Å². The number of alkyl halides is 1. The van der Waals surface area contributed by atoms with Gasteiger partial charge in [-0.2, -0.15) is 0 Å². The lowest BCUT2D eigenvalue weighted by atomic mass is 9.65. The van der Waals surface area contributed by atoms with Crippen molar-refractivity contribution in [2.45, 2.75) is 34.0 Å². The van der Waals surface area contributed by atoms with E-state index >= 15 is 0 Å². The van der Waals surface area contributed by atoms with Crippen LogP contribution < -0.4 is 0 Å². The minimum absolute atomic E-state index is 0.0639. The number of fused-ring (bicyclic) bond motifs is 1. The van der Waals surface area contributed by atoms with Crippen LogP contribution >= 0.6 is 24.2 Å². The van der Waals surface area contributed by atoms with E-state index in [-0.39, 0.29) is 6.61 Å². The molecule has 5 rings (SSSR count). The van der Waals surface area contributed by atoms with Gasteiger partial charge in [-0.3, -0.25) is 9.97 Å². The van der Waals surface area contributed by atoms with Crippen molar-refractivity contribution in [3.8, 4) is 0 Å². The maximum absolute atomic E-state index is 9.93. The van der Waals surface area contributed by atoms with E-state index in [2.05, 4.69) is 20.0 Å². The summed E-state index contributed by atoms with van der Waals surface area (Å²) < 4.78 is 25.0. The molecule has 2 aromatic heterocycles. The first kappa shape index (κ1) is 24.0. The molecular formula is C24H22ClN5O4S. The molecule has 0 spiro atoms. The number of benzene rings is 1. The van der Waals surface area contributed by atoms with Crippen LogP contribution in [0.4, 0.5) is 0 Å². The highest BCUT2D eigenvalue weighted by atomic mass is 35.5. The van der Waals surface area contributed by atoms with Crippen LogP contribution in [0.5, 0.6) is 0 Å². The quantitative estimate of drug-likeness (QED) is 0.172. The Hall–Kier alpha value is -2.69. The highest BCUT2D eigenvalue weighted by Crippen LogP contribution is 2.62. The summed E-state index contributed by atoms with van der Waals surface area (Å²) in [5.74, 6) is 0. The zero-order chi connectivity index (χ0) is 24.5. The summed E-state index contributed by atoms with van der Waals surface area (Å²) >= 11 is 11.8. The topological polar surface area (TPSA) is 111 Å². The van der Waals surface area contributed by atoms with Crippen molar-refractivity contribution in [1.82, 2.24) is 9.97 Å². The summed E-state index contributed by atoms with van der Waals surface area (Å²) in [5.41, 5.74) is 7.61. The maximum Gasteiger partial charge on any atom is 0.193 e. The lowest BCUT2D eigenvalue weighted by Gasteiger charge is -2.62. The molecule has 9 nitrogen and oxygen atoms in total. The van der Waals surface area contributed by atoms with E-state index < -0.39 is 34.0 Å². The second-order valence-corrected chi connectivity index (χ2v) is 9.31. The largest absolute Gasteiger partial charge is 0.369 e. The molecule has 0 aliphatic carbocycles. The third-order valence-corrected chi connectivity index (χ3v) is 7.34. The highest BCUT2D eigenvalue weighted by molar-refractivity contribution is 7.80. The van der Waals surface area contributed by atoms with E-state index in [1.165, 1.54) is 7.11 Å². The van der Waals surface area contributed by atoms with E-state index in [9.17, 15) is 5.53 Å². The summed E-state index contributed by atoms with van der Waals surface area (Å²) in [5, 5.41) is 2.82. The summed E-state index contributed by atoms with van der Waals surface area (Å²) in [6.45, 7) is -0.0639. The lowest BCUT2D eigenvalue weighted by molar-refractivity contribution is -0.354. The smallest absolute Gasteiger partial charge is 0.193 e. The van der Waals surface area contributed by atoms with Crippen molar-refractivity contribution in [2.24, 2.45) is 5.11 Å². The van der Waals surface area contributed by atoms with E-state index in [1.807, 2.05) is 30.3 Å². The minimum Gasteiger partial charge on any atom is -0.369 e. The summed E-state index contributed by atoms with van der Waals surface area (Å²) in [4.78, 5) is 11.8. The van der Waals surface area contributed by atoms with Crippen LogP contribution in [-0.2, 0) is 30.1 Å². The van der Waals surface area contributed by atoms with Gasteiger partial charge in [0.1, 0.15) is 22.7 Å². The number of halogens is 1. The average molecular weight is 512 g/mol. The molecule has 11 heteroatoms. The molecule has 35 heavy (non-hydrogen) atoms. The first-order valence-electron chi connectivity index (χ1n) is 10.8. The SMILES string of the molecule is CO[C@@]1(c2cccnc2)[C@@H](S)O[C@@]2(Cl)COC(c3ccccc3)O[C@@H]2C1(N=[N+]=[N-])c1cccnc1. The van der Waals surface area contributed by atoms with E-state index in [1.54, 1.807) is 49.1 Å². The van der Waals surface area contributed by atoms with Gasteiger partial charge in [0.15, 0.2) is 11.4 Å². The fraction of sp³-hybridized carbons (Fsp3) is 0.333. The third-order valence-electron chi connectivity index (χ3n) is 6.47. The van der Waals surface area contributed by atoms with E-state index in [0.29, 0.717) is 11.1 Å². The second-order valence-electron chi connectivity index (χ2n) is 8.21. The standard InChI is InChI=1S/C24H22ClN5O4S/c1-31-24(18-10-6-12-28-14-18)21(35)34-22(25)15-32-19(16-7-3-2-4-8-16)33-20(22)23(24,29-30-26)17-9-5-11-27-13-17/h2-14,19-21,35H,15H2,1H3/t19?,20-,21+,22-,23?,24-/m0/s1. The Morgan fingerprint density at radius 3 is 2.37 bits per heavy atom. The molecule has 0 bridgehead atoms. The second kappa shape index (κ2) is 9.40. The number of nitrogens with zero attached hydrogens (tertiary/aromatic N) is 5. The van der Waals surface area contributed by atoms with Gasteiger partial charge >= 0.3 is 0 Å². The molecule has 180 valence electrons. The molecule has 2 unspecified atom stereocenters. The number of hydrogen-bond acceptors (Lipinski definition) is 8. The zero-order valence-corrected chi connectivity index (χ0v) is 20.3. The lowest BCUT2D eigenvalue weighted by Crippen LogP contribution is -2.74. The van der Waals surface area contributed by atoms with Crippen LogP contribution in [0.2, 0.25) is 0 Å². The van der Waals surface area contributed by atoms with Crippen LogP contribution in [-0.4, -0.2) is 40.3 Å². The molecule has 0 N–H and O–H groups in total. The fourth-order valence-electron chi connectivity index (χ4n) is 5.00. The normalized spacial score (nSPS) is 34.4. The van der Waals surface area contributed by atoms with Gasteiger partial charge in [0.05, 0.1) is 6.61 Å². The number of azide groups is 1. The number of thiol groups is 1. The Kier molecular flexibility index (Phi) is 6.45. The van der Waals surface area contributed by atoms with Gasteiger partial charge in [0.2, 0.25) is 0 Å². The molecule has 2 aliphatic heterocycles. The van der Waals surface area contributed by atoms with Gasteiger partial charge in [0.25, 0.3) is 0 Å². The summed E-state index contributed by atoms with van der Waals surface area (Å²) in [6.07, 6.45) is 4.57. The molecule has 0 radical (unpaired) electrons. The molecule has 2 aliphatic rings. The molecule has 1 aromatic carbocycles. The summed E-state index contributed by atoms with van der Waals surface area (Å²) in [6, 6.07) is 16.5. The molecule has 2 saturated heterocycles. The zero-order valence-electron chi connectivity index (χ0n) is 18.6. The predicted octanol–water partition coefficient (Wildman–Crippen LogP) is 4.86. The Morgan fingerprint density at radius 2 is 1.77 bits per heavy atom. The van der Waals surface area contributed by atoms with Crippen LogP contribution in [0.25, 0.3) is 10.4 Å². The molecular weight excluding hydrogens is 490 g/mol. The van der Waals surface area contributed by atoms with E-state index in [4.69, 9.17) is 43.2 Å². The predicted molar refractivity (Wildman–Crippen MR) is 130 cm³/mol. The highest BCUT2D eigenvalue weighted by Gasteiger charge is 2.73. The van der Waals surface area contributed by atoms with Crippen molar-refractivity contribution in [3.05, 3.63) is 107 Å². The Balaban J connectivity index is 1.80. The Morgan fingerprint density at radius 1 is 1.09 bits per heavy atom. The molecule has 4 heterocycles. The van der Waals surface area contributed by atoms with Gasteiger partial charge in [-0.1, -0.05) is 59.2 Å². The molecule has 0 amide bonds. The van der Waals surface area contributed by atoms with Crippen molar-refractivity contribution in [2.75, 3.05) is 13.7 Å². The van der Waals surface area contributed by atoms with Gasteiger partial charge in [-0.25, -0.2) is 0 Å². The number of methoxy groups -OCH3 is 1. The Bertz CT molecular complexity index is 1220. The number of hydrogen-bond donors (Lipinski definition) is 1. The maximum atomic E-state index is 9.93. The monoisotopic (exact) mass is 511 g/mol. The number of rotatable bonds is 5. The van der Waals surface area contributed by atoms with Gasteiger partial charge in [-0.05, 0) is 23.2 Å². The number of aromatic nitrogens is 2. The van der Waals surface area contributed by atoms with Crippen molar-refractivity contribution in [1.29, 1.82) is 0 Å². The van der Waals surface area contributed by atoms with Crippen LogP contribution in [0.1, 0.15) is 23.0 Å². The van der Waals surface area contributed by atoms with Crippen LogP contribution in [0.3, 0.4) is 0 Å². The third kappa shape index (κ3) is 3.61. The number of pyridine rings is 2. The van der Waals surface area contributed by atoms with Crippen molar-refractivity contribution < 1.29 is 18.9 Å². The van der Waals surface area contributed by atoms with Gasteiger partial charge in [-0.15, -0.1) is 12.6 Å². The first-order chi connectivity index (χ1) is 17.0. The number of ether oxygens (including phenoxy) is 4. The first-order valence-corrected chi connectivity index (χ1v) is 11.7. The fourth-order valence-corrected chi connectivity index (χ4v) is 6.06. The Labute approximate surface area is 212 Å². The molecule has 2 fully saturated rings.